The minimum atomic E-state index is -0.521. The van der Waals surface area contributed by atoms with Gasteiger partial charge in [0.15, 0.2) is 0 Å². The number of nitro groups is 1. The maximum absolute atomic E-state index is 10.4. The van der Waals surface area contributed by atoms with Crippen molar-refractivity contribution in [3.05, 3.63) is 34.5 Å². The molecule has 0 saturated heterocycles. The van der Waals surface area contributed by atoms with Gasteiger partial charge in [-0.3, -0.25) is 10.1 Å². The minimum Gasteiger partial charge on any atom is -0.411 e. The quantitative estimate of drug-likeness (QED) is 0.405. The average molecular weight is 179 g/mol. The lowest BCUT2D eigenvalue weighted by atomic mass is 10.2. The van der Waals surface area contributed by atoms with Gasteiger partial charge in [-0.1, -0.05) is 0 Å². The van der Waals surface area contributed by atoms with Gasteiger partial charge >= 0.3 is 0 Å². The molecule has 0 aliphatic heterocycles. The molecule has 2 rings (SSSR count). The van der Waals surface area contributed by atoms with Gasteiger partial charge in [-0.05, 0) is 6.07 Å². The Labute approximate surface area is 72.1 Å². The summed E-state index contributed by atoms with van der Waals surface area (Å²) in [5.74, 6) is 0. The summed E-state index contributed by atoms with van der Waals surface area (Å²) in [7, 11) is 0. The van der Waals surface area contributed by atoms with Gasteiger partial charge in [0.25, 0.3) is 5.69 Å². The van der Waals surface area contributed by atoms with E-state index in [0.717, 1.165) is 0 Å². The SMILES string of the molecule is O=[N+]([O-])c1ccc2cnn(O)c2c1. The number of rotatable bonds is 1. The van der Waals surface area contributed by atoms with E-state index in [2.05, 4.69) is 5.10 Å². The highest BCUT2D eigenvalue weighted by Gasteiger charge is 2.08. The molecule has 0 saturated carbocycles. The highest BCUT2D eigenvalue weighted by Crippen LogP contribution is 2.19. The Morgan fingerprint density at radius 3 is 3.00 bits per heavy atom. The molecule has 0 aliphatic rings. The van der Waals surface area contributed by atoms with Gasteiger partial charge in [-0.2, -0.15) is 0 Å². The molecule has 0 aliphatic carbocycles. The molecule has 6 heteroatoms. The van der Waals surface area contributed by atoms with E-state index >= 15 is 0 Å². The van der Waals surface area contributed by atoms with Gasteiger partial charge in [0.1, 0.15) is 5.52 Å². The molecular weight excluding hydrogens is 174 g/mol. The molecule has 0 radical (unpaired) electrons. The zero-order valence-electron chi connectivity index (χ0n) is 6.41. The number of non-ortho nitro benzene ring substituents is 1. The first kappa shape index (κ1) is 7.53. The number of hydrogen-bond donors (Lipinski definition) is 1. The fourth-order valence-electron chi connectivity index (χ4n) is 1.11. The predicted octanol–water partition coefficient (Wildman–Crippen LogP) is 1.18. The van der Waals surface area contributed by atoms with E-state index in [1.807, 2.05) is 0 Å². The second kappa shape index (κ2) is 2.44. The summed E-state index contributed by atoms with van der Waals surface area (Å²) in [6.07, 6.45) is 1.43. The van der Waals surface area contributed by atoms with Crippen molar-refractivity contribution in [3.63, 3.8) is 0 Å². The topological polar surface area (TPSA) is 81.2 Å². The van der Waals surface area contributed by atoms with Gasteiger partial charge in [0, 0.05) is 17.5 Å². The first-order chi connectivity index (χ1) is 6.18. The van der Waals surface area contributed by atoms with Crippen molar-refractivity contribution in [1.29, 1.82) is 0 Å². The summed E-state index contributed by atoms with van der Waals surface area (Å²) >= 11 is 0. The molecule has 1 heterocycles. The molecule has 1 aromatic carbocycles. The number of nitrogens with zero attached hydrogens (tertiary/aromatic N) is 3. The first-order valence-electron chi connectivity index (χ1n) is 3.50. The van der Waals surface area contributed by atoms with Crippen LogP contribution in [0.4, 0.5) is 5.69 Å². The van der Waals surface area contributed by atoms with Crippen LogP contribution in [0.25, 0.3) is 10.9 Å². The molecule has 0 unspecified atom stereocenters. The summed E-state index contributed by atoms with van der Waals surface area (Å²) in [6.45, 7) is 0. The van der Waals surface area contributed by atoms with Crippen LogP contribution in [0, 0.1) is 10.1 Å². The number of nitro benzene ring substituents is 1. The number of fused-ring (bicyclic) bond motifs is 1. The van der Waals surface area contributed by atoms with Crippen molar-refractivity contribution >= 4 is 16.6 Å². The standard InChI is InChI=1S/C7H5N3O3/c11-9-7-3-6(10(12)13)2-1-5(7)4-8-9/h1-4,11H. The van der Waals surface area contributed by atoms with Crippen LogP contribution in [-0.4, -0.2) is 20.1 Å². The zero-order valence-corrected chi connectivity index (χ0v) is 6.41. The van der Waals surface area contributed by atoms with Crippen LogP contribution in [0.3, 0.4) is 0 Å². The third-order valence-corrected chi connectivity index (χ3v) is 1.75. The van der Waals surface area contributed by atoms with Crippen molar-refractivity contribution in [2.75, 3.05) is 0 Å². The second-order valence-electron chi connectivity index (χ2n) is 2.53. The Bertz CT molecular complexity index is 477. The zero-order chi connectivity index (χ0) is 9.42. The summed E-state index contributed by atoms with van der Waals surface area (Å²) in [4.78, 5) is 10.5. The van der Waals surface area contributed by atoms with E-state index in [1.165, 1.54) is 24.4 Å². The Morgan fingerprint density at radius 1 is 1.54 bits per heavy atom. The van der Waals surface area contributed by atoms with Crippen LogP contribution in [0.15, 0.2) is 24.4 Å². The molecule has 0 spiro atoms. The monoisotopic (exact) mass is 179 g/mol. The fraction of sp³-hybridized carbons (Fsp3) is 0. The van der Waals surface area contributed by atoms with Crippen LogP contribution in [0.5, 0.6) is 0 Å². The fourth-order valence-corrected chi connectivity index (χ4v) is 1.11. The highest BCUT2D eigenvalue weighted by molar-refractivity contribution is 5.80. The summed E-state index contributed by atoms with van der Waals surface area (Å²) in [6, 6.07) is 4.17. The van der Waals surface area contributed by atoms with Gasteiger partial charge in [-0.25, -0.2) is 0 Å². The summed E-state index contributed by atoms with van der Waals surface area (Å²) in [5, 5.41) is 23.7. The van der Waals surface area contributed by atoms with E-state index in [-0.39, 0.29) is 5.69 Å². The largest absolute Gasteiger partial charge is 0.411 e. The normalized spacial score (nSPS) is 10.5. The lowest BCUT2D eigenvalue weighted by molar-refractivity contribution is -0.384. The van der Waals surface area contributed by atoms with Gasteiger partial charge in [-0.15, -0.1) is 9.94 Å². The molecule has 1 aromatic heterocycles. The molecule has 0 atom stereocenters. The van der Waals surface area contributed by atoms with Gasteiger partial charge in [0.05, 0.1) is 11.1 Å². The molecule has 13 heavy (non-hydrogen) atoms. The minimum absolute atomic E-state index is 0.0664. The van der Waals surface area contributed by atoms with E-state index < -0.39 is 4.92 Å². The first-order valence-corrected chi connectivity index (χ1v) is 3.50. The molecular formula is C7H5N3O3. The Kier molecular flexibility index (Phi) is 1.42. The molecule has 0 bridgehead atoms. The maximum Gasteiger partial charge on any atom is 0.271 e. The number of aromatic nitrogens is 2. The Balaban J connectivity index is 2.72. The Hall–Kier alpha value is -2.11. The van der Waals surface area contributed by atoms with E-state index in [4.69, 9.17) is 5.21 Å². The van der Waals surface area contributed by atoms with E-state index in [9.17, 15) is 10.1 Å². The number of benzene rings is 1. The molecule has 1 N–H and O–H groups in total. The third kappa shape index (κ3) is 1.08. The van der Waals surface area contributed by atoms with Crippen molar-refractivity contribution < 1.29 is 10.1 Å². The third-order valence-electron chi connectivity index (χ3n) is 1.75. The smallest absolute Gasteiger partial charge is 0.271 e. The molecule has 0 amide bonds. The number of hydrogen-bond acceptors (Lipinski definition) is 4. The second-order valence-corrected chi connectivity index (χ2v) is 2.53. The van der Waals surface area contributed by atoms with Crippen LogP contribution in [0.1, 0.15) is 0 Å². The van der Waals surface area contributed by atoms with Gasteiger partial charge < -0.3 is 5.21 Å². The highest BCUT2D eigenvalue weighted by atomic mass is 16.6. The van der Waals surface area contributed by atoms with Crippen molar-refractivity contribution in [2.24, 2.45) is 0 Å². The Morgan fingerprint density at radius 2 is 2.31 bits per heavy atom. The molecule has 0 fully saturated rings. The van der Waals surface area contributed by atoms with Crippen LogP contribution >= 0.6 is 0 Å². The van der Waals surface area contributed by atoms with Crippen molar-refractivity contribution in [3.8, 4) is 0 Å². The summed E-state index contributed by atoms with van der Waals surface area (Å²) < 4.78 is 0. The predicted molar refractivity (Wildman–Crippen MR) is 43.6 cm³/mol. The lowest BCUT2D eigenvalue weighted by Gasteiger charge is -1.92. The van der Waals surface area contributed by atoms with E-state index in [1.54, 1.807) is 0 Å². The molecule has 6 nitrogen and oxygen atoms in total. The molecule has 2 aromatic rings. The van der Waals surface area contributed by atoms with Crippen molar-refractivity contribution in [1.82, 2.24) is 9.94 Å². The van der Waals surface area contributed by atoms with Gasteiger partial charge in [0.2, 0.25) is 0 Å². The van der Waals surface area contributed by atoms with Crippen LogP contribution < -0.4 is 0 Å². The van der Waals surface area contributed by atoms with Crippen molar-refractivity contribution in [2.45, 2.75) is 0 Å². The van der Waals surface area contributed by atoms with Crippen LogP contribution in [0.2, 0.25) is 0 Å². The summed E-state index contributed by atoms with van der Waals surface area (Å²) in [5.41, 5.74) is 0.262. The maximum atomic E-state index is 10.4. The average Bonchev–Trinajstić information content (AvgIpc) is 2.47. The van der Waals surface area contributed by atoms with E-state index in [0.29, 0.717) is 15.7 Å². The van der Waals surface area contributed by atoms with Crippen LogP contribution in [-0.2, 0) is 0 Å². The lowest BCUT2D eigenvalue weighted by Crippen LogP contribution is -1.92. The molecule has 66 valence electrons.